The zero-order valence-electron chi connectivity index (χ0n) is 6.15. The van der Waals surface area contributed by atoms with E-state index in [-0.39, 0.29) is 6.61 Å². The van der Waals surface area contributed by atoms with Gasteiger partial charge in [0.25, 0.3) is 0 Å². The maximum absolute atomic E-state index is 8.54. The summed E-state index contributed by atoms with van der Waals surface area (Å²) in [5.41, 5.74) is 1.02. The Morgan fingerprint density at radius 3 is 2.78 bits per heavy atom. The van der Waals surface area contributed by atoms with Crippen molar-refractivity contribution in [1.82, 2.24) is 5.32 Å². The molecule has 0 fully saturated rings. The molecule has 0 amide bonds. The number of aliphatic hydroxyl groups is 1. The molecule has 54 valence electrons. The van der Waals surface area contributed by atoms with Crippen LogP contribution in [-0.2, 0) is 0 Å². The molecule has 0 rings (SSSR count). The van der Waals surface area contributed by atoms with Crippen LogP contribution >= 0.6 is 0 Å². The second-order valence-corrected chi connectivity index (χ2v) is 2.02. The van der Waals surface area contributed by atoms with Crippen molar-refractivity contribution in [2.45, 2.75) is 13.8 Å². The smallest absolute Gasteiger partial charge is 0.0639 e. The Labute approximate surface area is 56.6 Å². The molecule has 0 bridgehead atoms. The average Bonchev–Trinajstić information content (AvgIpc) is 1.89. The fourth-order valence-corrected chi connectivity index (χ4v) is 0.455. The maximum atomic E-state index is 8.54. The molecule has 2 N–H and O–H groups in total. The molecule has 9 heavy (non-hydrogen) atoms. The first-order valence-electron chi connectivity index (χ1n) is 3.28. The van der Waals surface area contributed by atoms with Gasteiger partial charge in [-0.05, 0) is 13.5 Å². The third-order valence-corrected chi connectivity index (χ3v) is 1.09. The highest BCUT2D eigenvalue weighted by atomic mass is 16.3. The van der Waals surface area contributed by atoms with Crippen LogP contribution in [0.1, 0.15) is 13.8 Å². The third-order valence-electron chi connectivity index (χ3n) is 1.09. The summed E-state index contributed by atoms with van der Waals surface area (Å²) in [5.74, 6) is 0. The van der Waals surface area contributed by atoms with Crippen molar-refractivity contribution in [3.63, 3.8) is 0 Å². The summed E-state index contributed by atoms with van der Waals surface area (Å²) in [6, 6.07) is 0. The van der Waals surface area contributed by atoms with Crippen molar-refractivity contribution in [3.05, 3.63) is 11.6 Å². The van der Waals surface area contributed by atoms with E-state index in [2.05, 4.69) is 12.2 Å². The maximum Gasteiger partial charge on any atom is 0.0639 e. The summed E-state index contributed by atoms with van der Waals surface area (Å²) < 4.78 is 0. The Bertz CT molecular complexity index is 88.9. The van der Waals surface area contributed by atoms with E-state index in [9.17, 15) is 0 Å². The van der Waals surface area contributed by atoms with Crippen LogP contribution < -0.4 is 5.32 Å². The predicted molar refractivity (Wildman–Crippen MR) is 39.4 cm³/mol. The van der Waals surface area contributed by atoms with Crippen molar-refractivity contribution >= 4 is 0 Å². The Morgan fingerprint density at radius 1 is 1.67 bits per heavy atom. The number of hydrogen-bond acceptors (Lipinski definition) is 2. The molecule has 2 heteroatoms. The fraction of sp³-hybridized carbons (Fsp3) is 0.714. The predicted octanol–water partition coefficient (Wildman–Crippen LogP) is 0.534. The molecule has 0 aromatic rings. The van der Waals surface area contributed by atoms with Gasteiger partial charge in [0.2, 0.25) is 0 Å². The van der Waals surface area contributed by atoms with Crippen molar-refractivity contribution in [2.75, 3.05) is 19.7 Å². The summed E-state index contributed by atoms with van der Waals surface area (Å²) in [7, 11) is 0. The molecule has 0 aliphatic heterocycles. The average molecular weight is 129 g/mol. The second kappa shape index (κ2) is 5.79. The van der Waals surface area contributed by atoms with E-state index in [0.717, 1.165) is 18.7 Å². The molecule has 0 aliphatic rings. The molecular weight excluding hydrogens is 114 g/mol. The molecule has 0 heterocycles. The van der Waals surface area contributed by atoms with E-state index in [1.165, 1.54) is 0 Å². The van der Waals surface area contributed by atoms with E-state index in [1.54, 1.807) is 0 Å². The van der Waals surface area contributed by atoms with Crippen molar-refractivity contribution < 1.29 is 5.11 Å². The fourth-order valence-electron chi connectivity index (χ4n) is 0.455. The normalized spacial score (nSPS) is 12.1. The monoisotopic (exact) mass is 129 g/mol. The van der Waals surface area contributed by atoms with Crippen molar-refractivity contribution in [1.29, 1.82) is 0 Å². The molecule has 0 atom stereocenters. The Kier molecular flexibility index (Phi) is 5.57. The first kappa shape index (κ1) is 8.66. The second-order valence-electron chi connectivity index (χ2n) is 2.02. The van der Waals surface area contributed by atoms with Gasteiger partial charge in [-0.25, -0.2) is 0 Å². The van der Waals surface area contributed by atoms with Gasteiger partial charge < -0.3 is 10.4 Å². The van der Waals surface area contributed by atoms with Gasteiger partial charge in [0.1, 0.15) is 0 Å². The SMILES string of the molecule is CCNC/C=C(/C)CO. The largest absolute Gasteiger partial charge is 0.392 e. The van der Waals surface area contributed by atoms with Crippen LogP contribution in [0, 0.1) is 0 Å². The standard InChI is InChI=1S/C7H15NO/c1-3-8-5-4-7(2)6-9/h4,8-9H,3,5-6H2,1-2H3/b7-4-. The lowest BCUT2D eigenvalue weighted by Crippen LogP contribution is -2.12. The zero-order chi connectivity index (χ0) is 7.11. The lowest BCUT2D eigenvalue weighted by atomic mass is 10.3. The number of rotatable bonds is 4. The third kappa shape index (κ3) is 5.53. The molecule has 0 radical (unpaired) electrons. The van der Waals surface area contributed by atoms with E-state index >= 15 is 0 Å². The Hall–Kier alpha value is -0.340. The number of likely N-dealkylation sites (N-methyl/N-ethyl adjacent to an activating group) is 1. The number of nitrogens with one attached hydrogen (secondary N) is 1. The van der Waals surface area contributed by atoms with Gasteiger partial charge in [0.05, 0.1) is 6.61 Å². The van der Waals surface area contributed by atoms with Crippen LogP contribution in [0.15, 0.2) is 11.6 Å². The minimum atomic E-state index is 0.172. The molecule has 0 saturated carbocycles. The summed E-state index contributed by atoms with van der Waals surface area (Å²) in [5, 5.41) is 11.7. The van der Waals surface area contributed by atoms with Crippen LogP contribution in [-0.4, -0.2) is 24.8 Å². The van der Waals surface area contributed by atoms with E-state index in [4.69, 9.17) is 5.11 Å². The van der Waals surface area contributed by atoms with E-state index in [1.807, 2.05) is 13.0 Å². The van der Waals surface area contributed by atoms with Crippen LogP contribution in [0.2, 0.25) is 0 Å². The van der Waals surface area contributed by atoms with Crippen molar-refractivity contribution in [3.8, 4) is 0 Å². The molecule has 0 saturated heterocycles. The lowest BCUT2D eigenvalue weighted by molar-refractivity contribution is 0.331. The van der Waals surface area contributed by atoms with Gasteiger partial charge in [-0.15, -0.1) is 0 Å². The molecule has 0 unspecified atom stereocenters. The molecule has 0 aromatic heterocycles. The highest BCUT2D eigenvalue weighted by Gasteiger charge is 1.81. The van der Waals surface area contributed by atoms with Crippen LogP contribution in [0.5, 0.6) is 0 Å². The van der Waals surface area contributed by atoms with E-state index in [0.29, 0.717) is 0 Å². The van der Waals surface area contributed by atoms with Gasteiger partial charge in [-0.3, -0.25) is 0 Å². The molecule has 0 spiro atoms. The zero-order valence-corrected chi connectivity index (χ0v) is 6.15. The van der Waals surface area contributed by atoms with Gasteiger partial charge in [-0.2, -0.15) is 0 Å². The van der Waals surface area contributed by atoms with Gasteiger partial charge in [0.15, 0.2) is 0 Å². The van der Waals surface area contributed by atoms with Gasteiger partial charge >= 0.3 is 0 Å². The van der Waals surface area contributed by atoms with Crippen LogP contribution in [0.25, 0.3) is 0 Å². The molecule has 0 aliphatic carbocycles. The van der Waals surface area contributed by atoms with Crippen LogP contribution in [0.4, 0.5) is 0 Å². The minimum absolute atomic E-state index is 0.172. The van der Waals surface area contributed by atoms with Gasteiger partial charge in [-0.1, -0.05) is 18.6 Å². The molecule has 2 nitrogen and oxygen atoms in total. The number of aliphatic hydroxyl groups excluding tert-OH is 1. The molecule has 0 aromatic carbocycles. The first-order valence-corrected chi connectivity index (χ1v) is 3.28. The van der Waals surface area contributed by atoms with Crippen LogP contribution in [0.3, 0.4) is 0 Å². The summed E-state index contributed by atoms with van der Waals surface area (Å²) in [6.07, 6.45) is 1.99. The molecular formula is C7H15NO. The highest BCUT2D eigenvalue weighted by Crippen LogP contribution is 1.86. The Balaban J connectivity index is 3.21. The Morgan fingerprint density at radius 2 is 2.33 bits per heavy atom. The lowest BCUT2D eigenvalue weighted by Gasteiger charge is -1.95. The first-order chi connectivity index (χ1) is 4.31. The van der Waals surface area contributed by atoms with Crippen molar-refractivity contribution in [2.24, 2.45) is 0 Å². The summed E-state index contributed by atoms with van der Waals surface area (Å²) in [6.45, 7) is 5.99. The van der Waals surface area contributed by atoms with Gasteiger partial charge in [0, 0.05) is 6.54 Å². The number of hydrogen-bond donors (Lipinski definition) is 2. The summed E-state index contributed by atoms with van der Waals surface area (Å²) >= 11 is 0. The quantitative estimate of drug-likeness (QED) is 0.429. The van der Waals surface area contributed by atoms with E-state index < -0.39 is 0 Å². The topological polar surface area (TPSA) is 32.3 Å². The highest BCUT2D eigenvalue weighted by molar-refractivity contribution is 4.98. The minimum Gasteiger partial charge on any atom is -0.392 e. The summed E-state index contributed by atoms with van der Waals surface area (Å²) in [4.78, 5) is 0.